The molecule has 0 radical (unpaired) electrons. The van der Waals surface area contributed by atoms with Gasteiger partial charge in [0.1, 0.15) is 0 Å². The molecule has 0 saturated carbocycles. The van der Waals surface area contributed by atoms with Crippen molar-refractivity contribution in [3.63, 3.8) is 0 Å². The zero-order chi connectivity index (χ0) is 16.1. The van der Waals surface area contributed by atoms with Gasteiger partial charge < -0.3 is 5.11 Å². The van der Waals surface area contributed by atoms with Crippen LogP contribution in [0.25, 0.3) is 0 Å². The number of allylic oxidation sites excluding steroid dienone is 1. The molecule has 0 aromatic heterocycles. The summed E-state index contributed by atoms with van der Waals surface area (Å²) in [5.41, 5.74) is 1.34. The average Bonchev–Trinajstić information content (AvgIpc) is 2.38. The van der Waals surface area contributed by atoms with E-state index in [-0.39, 0.29) is 14.0 Å². The van der Waals surface area contributed by atoms with E-state index in [4.69, 9.17) is 5.11 Å². The molecule has 0 fully saturated rings. The summed E-state index contributed by atoms with van der Waals surface area (Å²) in [6, 6.07) is 0. The summed E-state index contributed by atoms with van der Waals surface area (Å²) in [7, 11) is 0. The Balaban J connectivity index is 0. The topological polar surface area (TPSA) is 20.2 Å². The van der Waals surface area contributed by atoms with Gasteiger partial charge in [-0.15, -0.1) is 0 Å². The number of aliphatic hydroxyl groups is 1. The lowest BCUT2D eigenvalue weighted by Gasteiger charge is -2.15. The third-order valence-corrected chi connectivity index (χ3v) is 4.58. The van der Waals surface area contributed by atoms with Crippen molar-refractivity contribution in [3.8, 4) is 0 Å². The summed E-state index contributed by atoms with van der Waals surface area (Å²) in [6.45, 7) is 11.8. The highest BCUT2D eigenvalue weighted by Gasteiger charge is 2.06. The first kappa shape index (κ1) is 24.0. The fourth-order valence-electron chi connectivity index (χ4n) is 2.97. The van der Waals surface area contributed by atoms with Crippen LogP contribution in [0, 0.1) is 17.8 Å². The van der Waals surface area contributed by atoms with Crippen LogP contribution in [0.1, 0.15) is 99.8 Å². The molecule has 2 atom stereocenters. The number of hydrogen-bond donors (Lipinski definition) is 1. The molecule has 0 aromatic rings. The minimum Gasteiger partial charge on any atom is -0.392 e. The first-order chi connectivity index (χ1) is 9.95. The molecule has 1 N–H and O–H groups in total. The summed E-state index contributed by atoms with van der Waals surface area (Å²) in [4.78, 5) is 0. The molecule has 0 bridgehead atoms. The van der Waals surface area contributed by atoms with E-state index in [1.165, 1.54) is 56.9 Å². The standard InChI is InChI=1S/C20H40O.CH4/c1-17(2)9-6-10-18(3)11-7-12-19(4)13-8-14-20(5)15-16-21;/h15,17-19,21H,6-14,16H2,1-5H3;1H4/t18-,19-;/m1./s1. The van der Waals surface area contributed by atoms with E-state index in [2.05, 4.69) is 34.6 Å². The van der Waals surface area contributed by atoms with Gasteiger partial charge in [-0.05, 0) is 37.5 Å². The highest BCUT2D eigenvalue weighted by molar-refractivity contribution is 4.97. The Morgan fingerprint density at radius 3 is 1.73 bits per heavy atom. The van der Waals surface area contributed by atoms with Crippen LogP contribution in [0.3, 0.4) is 0 Å². The van der Waals surface area contributed by atoms with Gasteiger partial charge in [-0.2, -0.15) is 0 Å². The lowest BCUT2D eigenvalue weighted by Crippen LogP contribution is -2.00. The molecule has 0 aliphatic rings. The number of rotatable bonds is 13. The molecule has 0 aliphatic carbocycles. The zero-order valence-corrected chi connectivity index (χ0v) is 15.3. The quantitative estimate of drug-likeness (QED) is 0.363. The summed E-state index contributed by atoms with van der Waals surface area (Å²) < 4.78 is 0. The van der Waals surface area contributed by atoms with Crippen LogP contribution in [0.4, 0.5) is 0 Å². The largest absolute Gasteiger partial charge is 0.392 e. The Hall–Kier alpha value is -0.300. The fourth-order valence-corrected chi connectivity index (χ4v) is 2.97. The highest BCUT2D eigenvalue weighted by Crippen LogP contribution is 2.21. The molecule has 134 valence electrons. The maximum absolute atomic E-state index is 8.83. The number of hydrogen-bond acceptors (Lipinski definition) is 1. The van der Waals surface area contributed by atoms with Gasteiger partial charge in [0.05, 0.1) is 6.61 Å². The second kappa shape index (κ2) is 15.6. The van der Waals surface area contributed by atoms with Gasteiger partial charge in [-0.3, -0.25) is 0 Å². The van der Waals surface area contributed by atoms with Gasteiger partial charge in [-0.1, -0.05) is 91.7 Å². The molecule has 1 heteroatoms. The molecule has 0 saturated heterocycles. The van der Waals surface area contributed by atoms with Crippen LogP contribution in [0.2, 0.25) is 0 Å². The molecule has 0 rings (SSSR count). The van der Waals surface area contributed by atoms with Crippen molar-refractivity contribution in [2.45, 2.75) is 99.8 Å². The lowest BCUT2D eigenvalue weighted by atomic mass is 9.91. The van der Waals surface area contributed by atoms with Crippen molar-refractivity contribution in [2.75, 3.05) is 6.61 Å². The smallest absolute Gasteiger partial charge is 0.0614 e. The van der Waals surface area contributed by atoms with E-state index in [0.717, 1.165) is 24.2 Å². The van der Waals surface area contributed by atoms with Crippen LogP contribution in [0.5, 0.6) is 0 Å². The molecular weight excluding hydrogens is 268 g/mol. The molecule has 22 heavy (non-hydrogen) atoms. The fraction of sp³-hybridized carbons (Fsp3) is 0.905. The Labute approximate surface area is 141 Å². The Morgan fingerprint density at radius 1 is 0.818 bits per heavy atom. The molecule has 0 amide bonds. The SMILES string of the molecule is C.CC(=CCO)CCC[C@H](C)CCC[C@H](C)CCCC(C)C. The maximum Gasteiger partial charge on any atom is 0.0614 e. The van der Waals surface area contributed by atoms with E-state index < -0.39 is 0 Å². The van der Waals surface area contributed by atoms with Gasteiger partial charge in [0.2, 0.25) is 0 Å². The van der Waals surface area contributed by atoms with Crippen molar-refractivity contribution in [1.29, 1.82) is 0 Å². The van der Waals surface area contributed by atoms with E-state index in [1.54, 1.807) is 0 Å². The second-order valence-electron chi connectivity index (χ2n) is 7.59. The van der Waals surface area contributed by atoms with Crippen LogP contribution < -0.4 is 0 Å². The maximum atomic E-state index is 8.83. The van der Waals surface area contributed by atoms with Crippen LogP contribution >= 0.6 is 0 Å². The molecule has 1 nitrogen and oxygen atoms in total. The van der Waals surface area contributed by atoms with E-state index in [0.29, 0.717) is 0 Å². The van der Waals surface area contributed by atoms with Crippen molar-refractivity contribution in [1.82, 2.24) is 0 Å². The third kappa shape index (κ3) is 16.1. The van der Waals surface area contributed by atoms with Gasteiger partial charge in [-0.25, -0.2) is 0 Å². The zero-order valence-electron chi connectivity index (χ0n) is 15.3. The average molecular weight is 313 g/mol. The molecule has 0 unspecified atom stereocenters. The minimum absolute atomic E-state index is 0. The summed E-state index contributed by atoms with van der Waals surface area (Å²) >= 11 is 0. The first-order valence-electron chi connectivity index (χ1n) is 9.22. The highest BCUT2D eigenvalue weighted by atomic mass is 16.2. The van der Waals surface area contributed by atoms with Crippen molar-refractivity contribution >= 4 is 0 Å². The van der Waals surface area contributed by atoms with E-state index >= 15 is 0 Å². The van der Waals surface area contributed by atoms with Crippen LogP contribution in [-0.4, -0.2) is 11.7 Å². The summed E-state index contributed by atoms with van der Waals surface area (Å²) in [5, 5.41) is 8.83. The molecule has 0 aliphatic heterocycles. The van der Waals surface area contributed by atoms with Crippen molar-refractivity contribution in [2.24, 2.45) is 17.8 Å². The predicted molar refractivity (Wildman–Crippen MR) is 102 cm³/mol. The lowest BCUT2D eigenvalue weighted by molar-refractivity contribution is 0.341. The molecular formula is C21H44O. The molecule has 0 spiro atoms. The normalized spacial score (nSPS) is 14.8. The van der Waals surface area contributed by atoms with Gasteiger partial charge in [0, 0.05) is 0 Å². The summed E-state index contributed by atoms with van der Waals surface area (Å²) in [5.74, 6) is 2.63. The Bertz CT molecular complexity index is 255. The Kier molecular flexibility index (Phi) is 17.0. The van der Waals surface area contributed by atoms with Crippen LogP contribution in [0.15, 0.2) is 11.6 Å². The summed E-state index contributed by atoms with van der Waals surface area (Å²) in [6.07, 6.45) is 14.1. The third-order valence-electron chi connectivity index (χ3n) is 4.58. The van der Waals surface area contributed by atoms with E-state index in [9.17, 15) is 0 Å². The van der Waals surface area contributed by atoms with Crippen molar-refractivity contribution in [3.05, 3.63) is 11.6 Å². The number of aliphatic hydroxyl groups excluding tert-OH is 1. The van der Waals surface area contributed by atoms with Crippen LogP contribution in [-0.2, 0) is 0 Å². The minimum atomic E-state index is 0. The van der Waals surface area contributed by atoms with Gasteiger partial charge in [0.25, 0.3) is 0 Å². The van der Waals surface area contributed by atoms with Gasteiger partial charge >= 0.3 is 0 Å². The predicted octanol–water partition coefficient (Wildman–Crippen LogP) is 7.00. The second-order valence-corrected chi connectivity index (χ2v) is 7.59. The first-order valence-corrected chi connectivity index (χ1v) is 9.22. The Morgan fingerprint density at radius 2 is 1.27 bits per heavy atom. The van der Waals surface area contributed by atoms with E-state index in [1.807, 2.05) is 6.08 Å². The molecule has 0 aromatic carbocycles. The molecule has 0 heterocycles. The monoisotopic (exact) mass is 312 g/mol. The van der Waals surface area contributed by atoms with Crippen molar-refractivity contribution < 1.29 is 5.11 Å². The van der Waals surface area contributed by atoms with Gasteiger partial charge in [0.15, 0.2) is 0 Å².